The van der Waals surface area contributed by atoms with Crippen molar-refractivity contribution in [1.29, 1.82) is 0 Å². The molecule has 0 aromatic carbocycles. The van der Waals surface area contributed by atoms with Gasteiger partial charge in [0.25, 0.3) is 0 Å². The van der Waals surface area contributed by atoms with Gasteiger partial charge in [-0.2, -0.15) is 0 Å². The average Bonchev–Trinajstić information content (AvgIpc) is 2.02. The van der Waals surface area contributed by atoms with Crippen molar-refractivity contribution in [2.45, 2.75) is 45.3 Å². The molecule has 0 heterocycles. The summed E-state index contributed by atoms with van der Waals surface area (Å²) in [6.45, 7) is 5.96. The first kappa shape index (κ1) is 11.5. The Kier molecular flexibility index (Phi) is 3.20. The Labute approximate surface area is 86.4 Å². The van der Waals surface area contributed by atoms with Crippen LogP contribution in [0.1, 0.15) is 33.6 Å². The first-order valence-electron chi connectivity index (χ1n) is 5.21. The second-order valence-corrected chi connectivity index (χ2v) is 4.62. The molecule has 1 rings (SSSR count). The van der Waals surface area contributed by atoms with Gasteiger partial charge in [-0.1, -0.05) is 13.8 Å². The minimum atomic E-state index is 0.00831. The fourth-order valence-corrected chi connectivity index (χ4v) is 2.14. The number of carbonyl (C=O) groups is 1. The lowest BCUT2D eigenvalue weighted by Gasteiger charge is -2.52. The lowest BCUT2D eigenvalue weighted by molar-refractivity contribution is -0.157. The van der Waals surface area contributed by atoms with Gasteiger partial charge in [0.15, 0.2) is 0 Å². The third-order valence-corrected chi connectivity index (χ3v) is 3.67. The van der Waals surface area contributed by atoms with Gasteiger partial charge in [0.2, 0.25) is 5.91 Å². The van der Waals surface area contributed by atoms with Crippen molar-refractivity contribution in [2.24, 2.45) is 5.92 Å². The summed E-state index contributed by atoms with van der Waals surface area (Å²) < 4.78 is 5.56. The highest BCUT2D eigenvalue weighted by Crippen LogP contribution is 2.43. The van der Waals surface area contributed by atoms with Crippen molar-refractivity contribution in [2.75, 3.05) is 14.2 Å². The van der Waals surface area contributed by atoms with Crippen molar-refractivity contribution < 1.29 is 9.53 Å². The van der Waals surface area contributed by atoms with E-state index in [1.807, 2.05) is 11.9 Å². The summed E-state index contributed by atoms with van der Waals surface area (Å²) in [5.41, 5.74) is 0.00831. The number of nitrogens with zero attached hydrogens (tertiary/aromatic N) is 1. The summed E-state index contributed by atoms with van der Waals surface area (Å²) in [6, 6.07) is 0.370. The van der Waals surface area contributed by atoms with E-state index in [2.05, 4.69) is 13.8 Å². The van der Waals surface area contributed by atoms with Gasteiger partial charge in [-0.05, 0) is 18.8 Å². The minimum Gasteiger partial charge on any atom is -0.378 e. The van der Waals surface area contributed by atoms with E-state index in [0.29, 0.717) is 12.0 Å². The standard InChI is InChI=1S/C11H21NO2/c1-8(2)11(14-5)6-10(7-11)12(4)9(3)13/h8,10H,6-7H2,1-5H3. The summed E-state index contributed by atoms with van der Waals surface area (Å²) in [5, 5.41) is 0. The van der Waals surface area contributed by atoms with Crippen molar-refractivity contribution in [3.05, 3.63) is 0 Å². The van der Waals surface area contributed by atoms with Gasteiger partial charge in [-0.3, -0.25) is 4.79 Å². The predicted molar refractivity (Wildman–Crippen MR) is 56.0 cm³/mol. The van der Waals surface area contributed by atoms with E-state index in [0.717, 1.165) is 12.8 Å². The van der Waals surface area contributed by atoms with Crippen LogP contribution in [-0.4, -0.2) is 36.6 Å². The lowest BCUT2D eigenvalue weighted by Crippen LogP contribution is -2.58. The minimum absolute atomic E-state index is 0.00831. The number of hydrogen-bond acceptors (Lipinski definition) is 2. The summed E-state index contributed by atoms with van der Waals surface area (Å²) in [4.78, 5) is 13.0. The van der Waals surface area contributed by atoms with Gasteiger partial charge in [-0.25, -0.2) is 0 Å². The summed E-state index contributed by atoms with van der Waals surface area (Å²) in [5.74, 6) is 0.660. The molecular formula is C11H21NO2. The second-order valence-electron chi connectivity index (χ2n) is 4.62. The molecule has 0 radical (unpaired) electrons. The third-order valence-electron chi connectivity index (χ3n) is 3.67. The quantitative estimate of drug-likeness (QED) is 0.692. The molecule has 0 aromatic heterocycles. The van der Waals surface area contributed by atoms with Gasteiger partial charge >= 0.3 is 0 Å². The van der Waals surface area contributed by atoms with Gasteiger partial charge in [0.1, 0.15) is 0 Å². The molecular weight excluding hydrogens is 178 g/mol. The van der Waals surface area contributed by atoms with Crippen LogP contribution in [-0.2, 0) is 9.53 Å². The molecule has 0 aromatic rings. The second kappa shape index (κ2) is 3.89. The Morgan fingerprint density at radius 3 is 2.29 bits per heavy atom. The molecule has 82 valence electrons. The smallest absolute Gasteiger partial charge is 0.219 e. The highest BCUT2D eigenvalue weighted by Gasteiger charge is 2.48. The third kappa shape index (κ3) is 1.78. The van der Waals surface area contributed by atoms with E-state index in [9.17, 15) is 4.79 Å². The van der Waals surface area contributed by atoms with Crippen molar-refractivity contribution in [3.63, 3.8) is 0 Å². The summed E-state index contributed by atoms with van der Waals surface area (Å²) in [6.07, 6.45) is 1.94. The first-order chi connectivity index (χ1) is 6.43. The van der Waals surface area contributed by atoms with Gasteiger partial charge in [-0.15, -0.1) is 0 Å². The van der Waals surface area contributed by atoms with Crippen LogP contribution in [0.2, 0.25) is 0 Å². The van der Waals surface area contributed by atoms with Gasteiger partial charge in [0.05, 0.1) is 5.60 Å². The van der Waals surface area contributed by atoms with E-state index in [1.165, 1.54) is 0 Å². The topological polar surface area (TPSA) is 29.5 Å². The highest BCUT2D eigenvalue weighted by atomic mass is 16.5. The maximum atomic E-state index is 11.1. The van der Waals surface area contributed by atoms with Crippen molar-refractivity contribution in [3.8, 4) is 0 Å². The molecule has 0 N–H and O–H groups in total. The molecule has 14 heavy (non-hydrogen) atoms. The number of methoxy groups -OCH3 is 1. The SMILES string of the molecule is COC1(C(C)C)CC(N(C)C(C)=O)C1. The molecule has 1 saturated carbocycles. The highest BCUT2D eigenvalue weighted by molar-refractivity contribution is 5.73. The van der Waals surface area contributed by atoms with Crippen LogP contribution in [0.4, 0.5) is 0 Å². The maximum Gasteiger partial charge on any atom is 0.219 e. The monoisotopic (exact) mass is 199 g/mol. The number of amides is 1. The Hall–Kier alpha value is -0.570. The average molecular weight is 199 g/mol. The maximum absolute atomic E-state index is 11.1. The predicted octanol–water partition coefficient (Wildman–Crippen LogP) is 1.67. The Bertz CT molecular complexity index is 219. The Balaban J connectivity index is 2.52. The largest absolute Gasteiger partial charge is 0.378 e. The Morgan fingerprint density at radius 2 is 2.00 bits per heavy atom. The molecule has 1 aliphatic rings. The van der Waals surface area contributed by atoms with Crippen LogP contribution >= 0.6 is 0 Å². The van der Waals surface area contributed by atoms with Crippen LogP contribution in [0.5, 0.6) is 0 Å². The number of hydrogen-bond donors (Lipinski definition) is 0. The molecule has 3 nitrogen and oxygen atoms in total. The fourth-order valence-electron chi connectivity index (χ4n) is 2.14. The number of rotatable bonds is 3. The molecule has 0 atom stereocenters. The first-order valence-corrected chi connectivity index (χ1v) is 5.21. The zero-order valence-corrected chi connectivity index (χ0v) is 9.83. The van der Waals surface area contributed by atoms with E-state index < -0.39 is 0 Å². The zero-order valence-electron chi connectivity index (χ0n) is 9.83. The van der Waals surface area contributed by atoms with Crippen LogP contribution in [0.15, 0.2) is 0 Å². The molecule has 3 heteroatoms. The van der Waals surface area contributed by atoms with Crippen LogP contribution in [0.25, 0.3) is 0 Å². The van der Waals surface area contributed by atoms with Crippen LogP contribution in [0, 0.1) is 5.92 Å². The summed E-state index contributed by atoms with van der Waals surface area (Å²) >= 11 is 0. The normalized spacial score (nSPS) is 31.4. The lowest BCUT2D eigenvalue weighted by atomic mass is 9.68. The van der Waals surface area contributed by atoms with E-state index in [-0.39, 0.29) is 11.5 Å². The zero-order chi connectivity index (χ0) is 10.9. The summed E-state index contributed by atoms with van der Waals surface area (Å²) in [7, 11) is 3.64. The molecule has 0 saturated heterocycles. The number of ether oxygens (including phenoxy) is 1. The van der Waals surface area contributed by atoms with Gasteiger partial charge in [0, 0.05) is 27.1 Å². The van der Waals surface area contributed by atoms with Crippen molar-refractivity contribution in [1.82, 2.24) is 4.90 Å². The molecule has 1 fully saturated rings. The van der Waals surface area contributed by atoms with E-state index in [1.54, 1.807) is 14.0 Å². The van der Waals surface area contributed by atoms with Crippen LogP contribution in [0.3, 0.4) is 0 Å². The van der Waals surface area contributed by atoms with Crippen molar-refractivity contribution >= 4 is 5.91 Å². The van der Waals surface area contributed by atoms with Gasteiger partial charge < -0.3 is 9.64 Å². The number of carbonyl (C=O) groups excluding carboxylic acids is 1. The molecule has 0 unspecified atom stereocenters. The molecule has 0 spiro atoms. The van der Waals surface area contributed by atoms with E-state index in [4.69, 9.17) is 4.74 Å². The molecule has 0 aliphatic heterocycles. The van der Waals surface area contributed by atoms with E-state index >= 15 is 0 Å². The molecule has 1 aliphatic carbocycles. The van der Waals surface area contributed by atoms with Crippen LogP contribution < -0.4 is 0 Å². The molecule has 1 amide bonds. The molecule has 0 bridgehead atoms. The Morgan fingerprint density at radius 1 is 1.50 bits per heavy atom. The fraction of sp³-hybridized carbons (Fsp3) is 0.909.